The molecule has 3 aliphatic rings. The molecular formula is C49H77NO17. The molecule has 0 radical (unpaired) electrons. The minimum absolute atomic E-state index is 0.0620. The molecule has 12 N–H and O–H groups in total. The average molecular weight is 952 g/mol. The number of cyclic esters (lactones) is 1. The van der Waals surface area contributed by atoms with Gasteiger partial charge in [0.25, 0.3) is 0 Å². The molecule has 0 amide bonds. The molecule has 3 aliphatic heterocycles. The minimum atomic E-state index is -2.27. The highest BCUT2D eigenvalue weighted by Gasteiger charge is 2.51. The van der Waals surface area contributed by atoms with E-state index in [9.17, 15) is 60.7 Å². The van der Waals surface area contributed by atoms with Crippen molar-refractivity contribution in [3.05, 3.63) is 85.1 Å². The van der Waals surface area contributed by atoms with Crippen molar-refractivity contribution in [2.24, 2.45) is 17.6 Å². The van der Waals surface area contributed by atoms with Crippen LogP contribution in [-0.2, 0) is 33.3 Å². The van der Waals surface area contributed by atoms with Crippen molar-refractivity contribution < 1.29 is 84.3 Å². The van der Waals surface area contributed by atoms with Crippen molar-refractivity contribution in [2.45, 2.75) is 183 Å². The van der Waals surface area contributed by atoms with E-state index in [-0.39, 0.29) is 51.2 Å². The number of fused-ring (bicyclic) bond motifs is 2. The summed E-state index contributed by atoms with van der Waals surface area (Å²) < 4.78 is 28.7. The Labute approximate surface area is 394 Å². The number of esters is 2. The molecule has 0 aromatic rings. The van der Waals surface area contributed by atoms with Gasteiger partial charge in [-0.2, -0.15) is 0 Å². The second kappa shape index (κ2) is 30.2. The number of carbonyl (C=O) groups excluding carboxylic acids is 2. The van der Waals surface area contributed by atoms with Crippen molar-refractivity contribution in [3.8, 4) is 0 Å². The summed E-state index contributed by atoms with van der Waals surface area (Å²) in [6.07, 6.45) is 7.06. The van der Waals surface area contributed by atoms with Gasteiger partial charge in [0.05, 0.1) is 86.7 Å². The highest BCUT2D eigenvalue weighted by molar-refractivity contribution is 5.74. The summed E-state index contributed by atoms with van der Waals surface area (Å²) in [5.41, 5.74) is 6.00. The highest BCUT2D eigenvalue weighted by Crippen LogP contribution is 2.38. The molecule has 18 nitrogen and oxygen atoms in total. The predicted molar refractivity (Wildman–Crippen MR) is 246 cm³/mol. The monoisotopic (exact) mass is 952 g/mol. The van der Waals surface area contributed by atoms with E-state index in [1.165, 1.54) is 0 Å². The molecular weight excluding hydrogens is 875 g/mol. The Balaban J connectivity index is 1.89. The second-order valence-corrected chi connectivity index (χ2v) is 17.9. The molecule has 380 valence electrons. The molecule has 3 rings (SSSR count). The van der Waals surface area contributed by atoms with E-state index in [2.05, 4.69) is 0 Å². The lowest BCUT2D eigenvalue weighted by Crippen LogP contribution is -2.59. The van der Waals surface area contributed by atoms with Gasteiger partial charge in [-0.25, -0.2) is 0 Å². The van der Waals surface area contributed by atoms with Gasteiger partial charge in [0.1, 0.15) is 18.1 Å². The molecule has 0 aliphatic carbocycles. The van der Waals surface area contributed by atoms with Gasteiger partial charge in [-0.05, 0) is 32.6 Å². The maximum atomic E-state index is 13.5. The van der Waals surface area contributed by atoms with Crippen LogP contribution in [0.25, 0.3) is 0 Å². The largest absolute Gasteiger partial charge is 0.465 e. The van der Waals surface area contributed by atoms with Crippen LogP contribution in [0.5, 0.6) is 0 Å². The fraction of sp³-hybridized carbons (Fsp3) is 0.673. The van der Waals surface area contributed by atoms with Crippen molar-refractivity contribution in [3.63, 3.8) is 0 Å². The Morgan fingerprint density at radius 3 is 1.96 bits per heavy atom. The van der Waals surface area contributed by atoms with Gasteiger partial charge in [0, 0.05) is 38.0 Å². The molecule has 17 atom stereocenters. The van der Waals surface area contributed by atoms with Gasteiger partial charge < -0.3 is 80.5 Å². The van der Waals surface area contributed by atoms with Crippen LogP contribution in [0.1, 0.15) is 91.4 Å². The standard InChI is InChI=1S/C49H77NO17/c1-4-5-22-63-47(61)44-40(57)29-49(62)28-35(53)25-39(56)37(54)21-20-33(51)24-34(52)26-43(59)65-32(3)23-38(55)31(2)18-16-14-12-10-8-6-7-9-11-13-15-17-19-36(27-42(44)67-49)66-48-46(60)45(50)41(58)30-64-48/h6-19,31-42,44-46,48,51-58,60,62H,4-5,20-30,50H2,1-3H3/b7-6+,10-8+,11-9+,14-12+,15-13+,18-16+,19-17+/t31-,32-,33?,34?,35?,36?,37?,38-,39?,40-,41+,42-,44?,45-,46+,48-,49?/m0/s1. The fourth-order valence-corrected chi connectivity index (χ4v) is 7.89. The van der Waals surface area contributed by atoms with Gasteiger partial charge >= 0.3 is 11.9 Å². The maximum absolute atomic E-state index is 13.5. The van der Waals surface area contributed by atoms with E-state index in [4.69, 9.17) is 29.4 Å². The normalized spacial score (nSPS) is 42.2. The van der Waals surface area contributed by atoms with Crippen LogP contribution in [0, 0.1) is 11.8 Å². The Morgan fingerprint density at radius 1 is 0.716 bits per heavy atom. The van der Waals surface area contributed by atoms with Crippen LogP contribution in [0.15, 0.2) is 85.1 Å². The van der Waals surface area contributed by atoms with Gasteiger partial charge in [-0.1, -0.05) is 105 Å². The number of rotatable bonds is 6. The first-order valence-electron chi connectivity index (χ1n) is 23.4. The molecule has 0 aromatic heterocycles. The van der Waals surface area contributed by atoms with Crippen LogP contribution in [0.3, 0.4) is 0 Å². The molecule has 18 heteroatoms. The number of allylic oxidation sites excluding steroid dienone is 12. The SMILES string of the molecule is CCCCOC(=O)C1[C@@H]2CC(O[C@@H]3OC[C@@H](O)[C@H](N)[C@H]3O)/C=C/C=C/C=C/C=C/C=C/C=C/C=C/[C@H](C)[C@@H](O)C[C@H](C)OC(=O)CC(O)CC(O)CCC(O)C(O)CC(O)CC(O)(C[C@@H]1O)O2. The molecule has 0 aromatic carbocycles. The topological polar surface area (TPSA) is 309 Å². The predicted octanol–water partition coefficient (Wildman–Crippen LogP) is 1.34. The molecule has 67 heavy (non-hydrogen) atoms. The highest BCUT2D eigenvalue weighted by atomic mass is 16.7. The zero-order valence-corrected chi connectivity index (χ0v) is 38.9. The lowest BCUT2D eigenvalue weighted by Gasteiger charge is -2.45. The first-order chi connectivity index (χ1) is 31.8. The summed E-state index contributed by atoms with van der Waals surface area (Å²) in [4.78, 5) is 26.0. The Bertz CT molecular complexity index is 1670. The van der Waals surface area contributed by atoms with Crippen molar-refractivity contribution in [1.29, 1.82) is 0 Å². The van der Waals surface area contributed by atoms with E-state index in [1.54, 1.807) is 61.6 Å². The van der Waals surface area contributed by atoms with E-state index < -0.39 is 135 Å². The molecule has 2 fully saturated rings. The van der Waals surface area contributed by atoms with Crippen molar-refractivity contribution in [2.75, 3.05) is 13.2 Å². The van der Waals surface area contributed by atoms with E-state index in [0.717, 1.165) is 6.42 Å². The zero-order chi connectivity index (χ0) is 49.5. The van der Waals surface area contributed by atoms with Crippen LogP contribution >= 0.6 is 0 Å². The summed E-state index contributed by atoms with van der Waals surface area (Å²) in [5.74, 6) is -5.38. The summed E-state index contributed by atoms with van der Waals surface area (Å²) in [6.45, 7) is 5.18. The molecule has 8 unspecified atom stereocenters. The van der Waals surface area contributed by atoms with Crippen LogP contribution < -0.4 is 5.73 Å². The average Bonchev–Trinajstić information content (AvgIpc) is 3.24. The van der Waals surface area contributed by atoms with Gasteiger partial charge in [-0.15, -0.1) is 0 Å². The van der Waals surface area contributed by atoms with E-state index >= 15 is 0 Å². The number of hydrogen-bond acceptors (Lipinski definition) is 18. The number of carbonyl (C=O) groups is 2. The lowest BCUT2D eigenvalue weighted by atomic mass is 9.82. The zero-order valence-electron chi connectivity index (χ0n) is 38.9. The molecule has 3 heterocycles. The molecule has 0 spiro atoms. The minimum Gasteiger partial charge on any atom is -0.465 e. The van der Waals surface area contributed by atoms with E-state index in [0.29, 0.717) is 6.42 Å². The number of aliphatic hydroxyl groups is 10. The second-order valence-electron chi connectivity index (χ2n) is 17.9. The van der Waals surface area contributed by atoms with Gasteiger partial charge in [-0.3, -0.25) is 9.59 Å². The van der Waals surface area contributed by atoms with Crippen molar-refractivity contribution in [1.82, 2.24) is 0 Å². The van der Waals surface area contributed by atoms with Crippen molar-refractivity contribution >= 4 is 11.9 Å². The Hall–Kier alpha value is -3.44. The van der Waals surface area contributed by atoms with E-state index in [1.807, 2.05) is 44.2 Å². The maximum Gasteiger partial charge on any atom is 0.314 e. The third-order valence-electron chi connectivity index (χ3n) is 11.8. The van der Waals surface area contributed by atoms with Crippen LogP contribution in [0.2, 0.25) is 0 Å². The third kappa shape index (κ3) is 21.4. The molecule has 2 saturated heterocycles. The third-order valence-corrected chi connectivity index (χ3v) is 11.8. The smallest absolute Gasteiger partial charge is 0.314 e. The van der Waals surface area contributed by atoms with Gasteiger partial charge in [0.15, 0.2) is 12.1 Å². The van der Waals surface area contributed by atoms with Crippen LogP contribution in [-0.4, -0.2) is 168 Å². The summed E-state index contributed by atoms with van der Waals surface area (Å²) in [7, 11) is 0. The Kier molecular flexibility index (Phi) is 26.1. The summed E-state index contributed by atoms with van der Waals surface area (Å²) >= 11 is 0. The molecule has 2 bridgehead atoms. The van der Waals surface area contributed by atoms with Gasteiger partial charge in [0.2, 0.25) is 0 Å². The quantitative estimate of drug-likeness (QED) is 0.132. The number of nitrogens with two attached hydrogens (primary N) is 1. The molecule has 0 saturated carbocycles. The summed E-state index contributed by atoms with van der Waals surface area (Å²) in [5, 5.41) is 108. The summed E-state index contributed by atoms with van der Waals surface area (Å²) in [6, 6.07) is -1.11. The number of ether oxygens (including phenoxy) is 5. The lowest BCUT2D eigenvalue weighted by molar-refractivity contribution is -0.306. The Morgan fingerprint density at radius 2 is 1.33 bits per heavy atom. The van der Waals surface area contributed by atoms with Crippen LogP contribution in [0.4, 0.5) is 0 Å². The fourth-order valence-electron chi connectivity index (χ4n) is 7.89. The number of aliphatic hydroxyl groups excluding tert-OH is 9. The number of hydrogen-bond donors (Lipinski definition) is 11. The number of unbranched alkanes of at least 4 members (excludes halogenated alkanes) is 1. The first-order valence-corrected chi connectivity index (χ1v) is 23.4. The first kappa shape index (κ1) is 57.9.